The van der Waals surface area contributed by atoms with E-state index in [4.69, 9.17) is 0 Å². The van der Waals surface area contributed by atoms with E-state index in [-0.39, 0.29) is 0 Å². The minimum atomic E-state index is 0.792. The van der Waals surface area contributed by atoms with Crippen LogP contribution in [-0.4, -0.2) is 23.1 Å². The van der Waals surface area contributed by atoms with E-state index in [1.807, 2.05) is 24.3 Å². The smallest absolute Gasteiger partial charge is 0.183 e. The molecule has 0 aliphatic carbocycles. The number of hydrogen-bond donors (Lipinski definition) is 2. The molecule has 0 bridgehead atoms. The molecule has 4 aromatic rings. The summed E-state index contributed by atoms with van der Waals surface area (Å²) in [6, 6.07) is 12.3. The number of thiazole rings is 2. The van der Waals surface area contributed by atoms with E-state index in [1.54, 1.807) is 22.7 Å². The SMILES string of the molecule is Brc1ccc2nc(NCCNc3nc4ccc(Br)cc4s3)sc2c1. The third kappa shape index (κ3) is 3.56. The Hall–Kier alpha value is -1.22. The number of rotatable bonds is 5. The number of halogens is 2. The van der Waals surface area contributed by atoms with Gasteiger partial charge in [0.2, 0.25) is 0 Å². The van der Waals surface area contributed by atoms with Crippen molar-refractivity contribution in [2.75, 3.05) is 23.7 Å². The van der Waals surface area contributed by atoms with Gasteiger partial charge in [0, 0.05) is 22.0 Å². The van der Waals surface area contributed by atoms with Gasteiger partial charge in [-0.15, -0.1) is 0 Å². The Labute approximate surface area is 163 Å². The Morgan fingerprint density at radius 1 is 0.750 bits per heavy atom. The molecule has 0 amide bonds. The lowest BCUT2D eigenvalue weighted by atomic mass is 10.3. The van der Waals surface area contributed by atoms with Gasteiger partial charge in [-0.2, -0.15) is 0 Å². The number of hydrogen-bond acceptors (Lipinski definition) is 6. The second-order valence-electron chi connectivity index (χ2n) is 5.12. The second kappa shape index (κ2) is 6.95. The van der Waals surface area contributed by atoms with Gasteiger partial charge >= 0.3 is 0 Å². The molecule has 2 N–H and O–H groups in total. The molecule has 0 spiro atoms. The van der Waals surface area contributed by atoms with E-state index in [9.17, 15) is 0 Å². The topological polar surface area (TPSA) is 49.8 Å². The molecular weight excluding hydrogens is 472 g/mol. The van der Waals surface area contributed by atoms with E-state index in [0.29, 0.717) is 0 Å². The number of anilines is 2. The summed E-state index contributed by atoms with van der Waals surface area (Å²) in [5.41, 5.74) is 2.05. The van der Waals surface area contributed by atoms with Crippen LogP contribution >= 0.6 is 54.5 Å². The first kappa shape index (κ1) is 16.3. The third-order valence-electron chi connectivity index (χ3n) is 3.38. The molecule has 0 saturated heterocycles. The van der Waals surface area contributed by atoms with Crippen molar-refractivity contribution in [1.82, 2.24) is 9.97 Å². The molecule has 0 saturated carbocycles. The molecule has 4 nitrogen and oxygen atoms in total. The van der Waals surface area contributed by atoms with Gasteiger partial charge in [-0.1, -0.05) is 54.5 Å². The largest absolute Gasteiger partial charge is 0.360 e. The van der Waals surface area contributed by atoms with Crippen molar-refractivity contribution < 1.29 is 0 Å². The van der Waals surface area contributed by atoms with Crippen LogP contribution in [0.4, 0.5) is 10.3 Å². The minimum absolute atomic E-state index is 0.792. The molecule has 4 rings (SSSR count). The fourth-order valence-electron chi connectivity index (χ4n) is 2.29. The van der Waals surface area contributed by atoms with Gasteiger partial charge in [-0.3, -0.25) is 0 Å². The number of nitrogens with one attached hydrogen (secondary N) is 2. The Balaban J connectivity index is 1.36. The minimum Gasteiger partial charge on any atom is -0.360 e. The predicted molar refractivity (Wildman–Crippen MR) is 112 cm³/mol. The second-order valence-corrected chi connectivity index (χ2v) is 9.01. The van der Waals surface area contributed by atoms with Gasteiger partial charge in [-0.25, -0.2) is 9.97 Å². The molecule has 0 aliphatic rings. The normalized spacial score (nSPS) is 11.2. The van der Waals surface area contributed by atoms with Crippen molar-refractivity contribution in [3.63, 3.8) is 0 Å². The lowest BCUT2D eigenvalue weighted by Crippen LogP contribution is -2.13. The summed E-state index contributed by atoms with van der Waals surface area (Å²) in [6.07, 6.45) is 0. The summed E-state index contributed by atoms with van der Waals surface area (Å²) in [5.74, 6) is 0. The number of aromatic nitrogens is 2. The van der Waals surface area contributed by atoms with Crippen molar-refractivity contribution in [3.8, 4) is 0 Å². The number of fused-ring (bicyclic) bond motifs is 2. The third-order valence-corrected chi connectivity index (χ3v) is 6.32. The van der Waals surface area contributed by atoms with Crippen LogP contribution in [0.25, 0.3) is 20.4 Å². The van der Waals surface area contributed by atoms with Crippen molar-refractivity contribution in [1.29, 1.82) is 0 Å². The monoisotopic (exact) mass is 482 g/mol. The molecule has 0 aliphatic heterocycles. The summed E-state index contributed by atoms with van der Waals surface area (Å²) in [5, 5.41) is 8.62. The zero-order chi connectivity index (χ0) is 16.5. The average molecular weight is 484 g/mol. The fraction of sp³-hybridized carbons (Fsp3) is 0.125. The van der Waals surface area contributed by atoms with E-state index in [2.05, 4.69) is 64.6 Å². The summed E-state index contributed by atoms with van der Waals surface area (Å²) in [7, 11) is 0. The van der Waals surface area contributed by atoms with Crippen LogP contribution in [-0.2, 0) is 0 Å². The van der Waals surface area contributed by atoms with Crippen LogP contribution in [0.2, 0.25) is 0 Å². The van der Waals surface area contributed by atoms with Crippen molar-refractivity contribution in [2.45, 2.75) is 0 Å². The maximum Gasteiger partial charge on any atom is 0.183 e. The summed E-state index contributed by atoms with van der Waals surface area (Å²) in [4.78, 5) is 9.17. The molecule has 122 valence electrons. The van der Waals surface area contributed by atoms with Gasteiger partial charge in [0.25, 0.3) is 0 Å². The predicted octanol–water partition coefficient (Wildman–Crippen LogP) is 5.96. The highest BCUT2D eigenvalue weighted by atomic mass is 79.9. The summed E-state index contributed by atoms with van der Waals surface area (Å²) in [6.45, 7) is 1.58. The van der Waals surface area contributed by atoms with Crippen LogP contribution in [0.3, 0.4) is 0 Å². The fourth-order valence-corrected chi connectivity index (χ4v) is 5.17. The quantitative estimate of drug-likeness (QED) is 0.344. The van der Waals surface area contributed by atoms with Crippen molar-refractivity contribution in [3.05, 3.63) is 45.3 Å². The van der Waals surface area contributed by atoms with Crippen LogP contribution in [0, 0.1) is 0 Å². The highest BCUT2D eigenvalue weighted by Gasteiger charge is 2.05. The van der Waals surface area contributed by atoms with Crippen LogP contribution in [0.1, 0.15) is 0 Å². The van der Waals surface area contributed by atoms with Gasteiger partial charge in [0.1, 0.15) is 0 Å². The molecule has 2 heterocycles. The molecule has 2 aromatic carbocycles. The van der Waals surface area contributed by atoms with E-state index < -0.39 is 0 Å². The standard InChI is InChI=1S/C16H12Br2N4S2/c17-9-1-3-11-13(7-9)23-15(21-11)19-5-6-20-16-22-12-4-2-10(18)8-14(12)24-16/h1-4,7-8H,5-6H2,(H,19,21)(H,20,22). The van der Waals surface area contributed by atoms with Crippen LogP contribution in [0.5, 0.6) is 0 Å². The highest BCUT2D eigenvalue weighted by molar-refractivity contribution is 9.10. The Kier molecular flexibility index (Phi) is 4.71. The Morgan fingerprint density at radius 3 is 1.67 bits per heavy atom. The lowest BCUT2D eigenvalue weighted by Gasteiger charge is -2.03. The molecule has 24 heavy (non-hydrogen) atoms. The molecule has 0 atom stereocenters. The molecule has 2 aromatic heterocycles. The first-order valence-corrected chi connectivity index (χ1v) is 10.5. The maximum atomic E-state index is 4.58. The maximum absolute atomic E-state index is 4.58. The van der Waals surface area contributed by atoms with Gasteiger partial charge in [0.05, 0.1) is 20.4 Å². The van der Waals surface area contributed by atoms with Crippen molar-refractivity contribution in [2.24, 2.45) is 0 Å². The first-order valence-electron chi connectivity index (χ1n) is 7.27. The summed E-state index contributed by atoms with van der Waals surface area (Å²) >= 11 is 10.3. The number of nitrogens with zero attached hydrogens (tertiary/aromatic N) is 2. The zero-order valence-corrected chi connectivity index (χ0v) is 17.2. The molecule has 0 fully saturated rings. The van der Waals surface area contributed by atoms with Crippen LogP contribution < -0.4 is 10.6 Å². The van der Waals surface area contributed by atoms with Crippen LogP contribution in [0.15, 0.2) is 45.3 Å². The highest BCUT2D eigenvalue weighted by Crippen LogP contribution is 2.29. The van der Waals surface area contributed by atoms with E-state index in [1.165, 1.54) is 9.40 Å². The van der Waals surface area contributed by atoms with Crippen molar-refractivity contribution >= 4 is 85.2 Å². The molecule has 0 unspecified atom stereocenters. The average Bonchev–Trinajstić information content (AvgIpc) is 3.13. The Bertz CT molecular complexity index is 930. The molecular formula is C16H12Br2N4S2. The summed E-state index contributed by atoms with van der Waals surface area (Å²) < 4.78 is 4.51. The Morgan fingerprint density at radius 2 is 1.21 bits per heavy atom. The zero-order valence-electron chi connectivity index (χ0n) is 12.3. The molecule has 0 radical (unpaired) electrons. The van der Waals surface area contributed by atoms with E-state index in [0.717, 1.165) is 43.3 Å². The van der Waals surface area contributed by atoms with Gasteiger partial charge in [0.15, 0.2) is 10.3 Å². The lowest BCUT2D eigenvalue weighted by molar-refractivity contribution is 1.07. The molecule has 8 heteroatoms. The van der Waals surface area contributed by atoms with E-state index >= 15 is 0 Å². The van der Waals surface area contributed by atoms with Gasteiger partial charge < -0.3 is 10.6 Å². The van der Waals surface area contributed by atoms with Gasteiger partial charge in [-0.05, 0) is 36.4 Å². The first-order chi connectivity index (χ1) is 11.7. The number of benzene rings is 2.